The van der Waals surface area contributed by atoms with Crippen LogP contribution < -0.4 is 5.73 Å². The van der Waals surface area contributed by atoms with Gasteiger partial charge < -0.3 is 10.3 Å². The van der Waals surface area contributed by atoms with Gasteiger partial charge in [-0.1, -0.05) is 13.8 Å². The van der Waals surface area contributed by atoms with Crippen LogP contribution in [0.5, 0.6) is 0 Å². The first-order valence-electron chi connectivity index (χ1n) is 6.89. The smallest absolute Gasteiger partial charge is 0.153 e. The molecule has 2 N–H and O–H groups in total. The second kappa shape index (κ2) is 4.63. The average Bonchev–Trinajstić information content (AvgIpc) is 2.70. The molecule has 0 spiro atoms. The third kappa shape index (κ3) is 2.35. The van der Waals surface area contributed by atoms with Crippen LogP contribution in [0.15, 0.2) is 24.4 Å². The van der Waals surface area contributed by atoms with E-state index in [1.807, 2.05) is 0 Å². The Bertz CT molecular complexity index is 681. The minimum absolute atomic E-state index is 0.0461. The maximum atomic E-state index is 14.0. The first-order chi connectivity index (χ1) is 9.78. The van der Waals surface area contributed by atoms with Gasteiger partial charge in [0.25, 0.3) is 0 Å². The van der Waals surface area contributed by atoms with Crippen LogP contribution >= 0.6 is 0 Å². The largest absolute Gasteiger partial charge is 0.324 e. The number of rotatable bonds is 1. The summed E-state index contributed by atoms with van der Waals surface area (Å²) >= 11 is 0. The second-order valence-electron chi connectivity index (χ2n) is 6.46. The fourth-order valence-corrected chi connectivity index (χ4v) is 3.21. The molecule has 0 bridgehead atoms. The van der Waals surface area contributed by atoms with Gasteiger partial charge in [0.1, 0.15) is 11.5 Å². The van der Waals surface area contributed by atoms with Crippen LogP contribution in [0.2, 0.25) is 0 Å². The molecule has 2 aromatic rings. The summed E-state index contributed by atoms with van der Waals surface area (Å²) in [6, 6.07) is 3.02. The highest BCUT2D eigenvalue weighted by molar-refractivity contribution is 5.43. The van der Waals surface area contributed by atoms with Crippen LogP contribution in [-0.4, -0.2) is 4.57 Å². The van der Waals surface area contributed by atoms with E-state index in [0.717, 1.165) is 17.7 Å². The lowest BCUT2D eigenvalue weighted by Crippen LogP contribution is -2.30. The number of halogens is 3. The van der Waals surface area contributed by atoms with E-state index in [4.69, 9.17) is 5.73 Å². The molecule has 5 heteroatoms. The molecule has 3 rings (SSSR count). The topological polar surface area (TPSA) is 30.9 Å². The minimum atomic E-state index is -0.924. The summed E-state index contributed by atoms with van der Waals surface area (Å²) in [6.07, 6.45) is 3.09. The maximum Gasteiger partial charge on any atom is 0.153 e. The van der Waals surface area contributed by atoms with Crippen molar-refractivity contribution in [2.24, 2.45) is 11.1 Å². The van der Waals surface area contributed by atoms with E-state index in [1.165, 1.54) is 4.57 Å². The van der Waals surface area contributed by atoms with E-state index < -0.39 is 17.5 Å². The van der Waals surface area contributed by atoms with Gasteiger partial charge in [0.05, 0.1) is 0 Å². The number of hydrogen-bond donors (Lipinski definition) is 1. The van der Waals surface area contributed by atoms with E-state index in [2.05, 4.69) is 13.8 Å². The molecule has 0 aliphatic heterocycles. The summed E-state index contributed by atoms with van der Waals surface area (Å²) in [7, 11) is 0. The monoisotopic (exact) mass is 294 g/mol. The minimum Gasteiger partial charge on any atom is -0.324 e. The number of benzene rings is 1. The van der Waals surface area contributed by atoms with Crippen LogP contribution in [0.25, 0.3) is 5.69 Å². The zero-order chi connectivity index (χ0) is 15.4. The molecule has 1 aromatic heterocycles. The van der Waals surface area contributed by atoms with E-state index in [9.17, 15) is 13.2 Å². The van der Waals surface area contributed by atoms with E-state index in [0.29, 0.717) is 18.6 Å². The zero-order valence-electron chi connectivity index (χ0n) is 12.0. The highest BCUT2D eigenvalue weighted by Gasteiger charge is 2.33. The van der Waals surface area contributed by atoms with Crippen LogP contribution in [0.3, 0.4) is 0 Å². The molecule has 112 valence electrons. The van der Waals surface area contributed by atoms with Gasteiger partial charge in [-0.25, -0.2) is 13.2 Å². The van der Waals surface area contributed by atoms with Crippen molar-refractivity contribution in [2.45, 2.75) is 32.7 Å². The lowest BCUT2D eigenvalue weighted by atomic mass is 9.74. The lowest BCUT2D eigenvalue weighted by Gasteiger charge is -2.34. The van der Waals surface area contributed by atoms with Crippen LogP contribution in [0, 0.1) is 22.9 Å². The number of fused-ring (bicyclic) bond motifs is 1. The Morgan fingerprint density at radius 2 is 1.81 bits per heavy atom. The zero-order valence-corrected chi connectivity index (χ0v) is 12.0. The standard InChI is InChI=1S/C16H17F3N2/c1-16(2)7-13(20)10-3-4-21(14(10)8-16)15-11(18)5-9(17)6-12(15)19/h3-6,13H,7-8,20H2,1-2H3. The van der Waals surface area contributed by atoms with Crippen LogP contribution in [-0.2, 0) is 6.42 Å². The SMILES string of the molecule is CC1(C)Cc2c(ccn2-c2c(F)cc(F)cc2F)C(N)C1. The maximum absolute atomic E-state index is 14.0. The van der Waals surface area contributed by atoms with Crippen molar-refractivity contribution < 1.29 is 13.2 Å². The third-order valence-corrected chi connectivity index (χ3v) is 4.07. The second-order valence-corrected chi connectivity index (χ2v) is 6.46. The van der Waals surface area contributed by atoms with Gasteiger partial charge in [-0.2, -0.15) is 0 Å². The highest BCUT2D eigenvalue weighted by atomic mass is 19.1. The quantitative estimate of drug-likeness (QED) is 0.850. The number of aromatic nitrogens is 1. The van der Waals surface area contributed by atoms with Crippen LogP contribution in [0.1, 0.15) is 37.6 Å². The number of nitrogens with zero attached hydrogens (tertiary/aromatic N) is 1. The van der Waals surface area contributed by atoms with E-state index in [-0.39, 0.29) is 17.1 Å². The summed E-state index contributed by atoms with van der Waals surface area (Å²) in [6.45, 7) is 4.15. The molecule has 1 atom stereocenters. The van der Waals surface area contributed by atoms with Crippen LogP contribution in [0.4, 0.5) is 13.2 Å². The molecule has 2 nitrogen and oxygen atoms in total. The molecule has 1 heterocycles. The molecule has 0 amide bonds. The van der Waals surface area contributed by atoms with Crippen molar-refractivity contribution >= 4 is 0 Å². The molecule has 0 saturated carbocycles. The summed E-state index contributed by atoms with van der Waals surface area (Å²) in [5.41, 5.74) is 7.55. The van der Waals surface area contributed by atoms with Crippen molar-refractivity contribution in [1.82, 2.24) is 4.57 Å². The van der Waals surface area contributed by atoms with Gasteiger partial charge in [0, 0.05) is 30.1 Å². The molecule has 0 radical (unpaired) electrons. The number of hydrogen-bond acceptors (Lipinski definition) is 1. The fourth-order valence-electron chi connectivity index (χ4n) is 3.21. The van der Waals surface area contributed by atoms with Crippen molar-refractivity contribution in [3.63, 3.8) is 0 Å². The van der Waals surface area contributed by atoms with Crippen molar-refractivity contribution in [3.05, 3.63) is 53.1 Å². The average molecular weight is 294 g/mol. The Morgan fingerprint density at radius 1 is 1.19 bits per heavy atom. The first-order valence-corrected chi connectivity index (χ1v) is 6.89. The van der Waals surface area contributed by atoms with Crippen molar-refractivity contribution in [3.8, 4) is 5.69 Å². The molecule has 1 aromatic carbocycles. The summed E-state index contributed by atoms with van der Waals surface area (Å²) in [4.78, 5) is 0. The van der Waals surface area contributed by atoms with E-state index >= 15 is 0 Å². The van der Waals surface area contributed by atoms with Gasteiger partial charge in [-0.15, -0.1) is 0 Å². The third-order valence-electron chi connectivity index (χ3n) is 4.07. The van der Waals surface area contributed by atoms with Crippen molar-refractivity contribution in [1.29, 1.82) is 0 Å². The Hall–Kier alpha value is -1.75. The lowest BCUT2D eigenvalue weighted by molar-refractivity contribution is 0.278. The first kappa shape index (κ1) is 14.2. The molecule has 1 aliphatic carbocycles. The fraction of sp³-hybridized carbons (Fsp3) is 0.375. The molecule has 21 heavy (non-hydrogen) atoms. The van der Waals surface area contributed by atoms with Gasteiger partial charge in [0.15, 0.2) is 11.6 Å². The predicted octanol–water partition coefficient (Wildman–Crippen LogP) is 3.87. The van der Waals surface area contributed by atoms with Gasteiger partial charge in [-0.05, 0) is 29.9 Å². The predicted molar refractivity (Wildman–Crippen MR) is 74.7 cm³/mol. The summed E-state index contributed by atoms with van der Waals surface area (Å²) in [5.74, 6) is -2.75. The Labute approximate surface area is 121 Å². The van der Waals surface area contributed by atoms with Crippen molar-refractivity contribution in [2.75, 3.05) is 0 Å². The molecule has 1 unspecified atom stereocenters. The summed E-state index contributed by atoms with van der Waals surface area (Å²) in [5, 5.41) is 0. The molecule has 0 fully saturated rings. The van der Waals surface area contributed by atoms with Gasteiger partial charge in [0.2, 0.25) is 0 Å². The molecule has 1 aliphatic rings. The Morgan fingerprint density at radius 3 is 2.43 bits per heavy atom. The molecular weight excluding hydrogens is 277 g/mol. The highest BCUT2D eigenvalue weighted by Crippen LogP contribution is 2.41. The molecule has 0 saturated heterocycles. The van der Waals surface area contributed by atoms with Gasteiger partial charge >= 0.3 is 0 Å². The molecular formula is C16H17F3N2. The van der Waals surface area contributed by atoms with Gasteiger partial charge in [-0.3, -0.25) is 0 Å². The number of nitrogens with two attached hydrogens (primary N) is 1. The normalized spacial score (nSPS) is 20.4. The Balaban J connectivity index is 2.19. The Kier molecular flexibility index (Phi) is 3.13. The van der Waals surface area contributed by atoms with E-state index in [1.54, 1.807) is 12.3 Å². The summed E-state index contributed by atoms with van der Waals surface area (Å²) < 4.78 is 42.5.